The number of benzene rings is 1. The number of alkyl halides is 3. The minimum absolute atomic E-state index is 0.189. The lowest BCUT2D eigenvalue weighted by Gasteiger charge is -2.56. The van der Waals surface area contributed by atoms with E-state index in [0.29, 0.717) is 25.7 Å². The molecule has 1 amide bonds. The summed E-state index contributed by atoms with van der Waals surface area (Å²) in [5, 5.41) is 0. The molecule has 25 heavy (non-hydrogen) atoms. The van der Waals surface area contributed by atoms with E-state index in [4.69, 9.17) is 4.74 Å². The van der Waals surface area contributed by atoms with Gasteiger partial charge in [-0.15, -0.1) is 0 Å². The molecule has 4 rings (SSSR count). The highest BCUT2D eigenvalue weighted by Crippen LogP contribution is 2.61. The van der Waals surface area contributed by atoms with Crippen LogP contribution in [0.3, 0.4) is 0 Å². The van der Waals surface area contributed by atoms with Crippen LogP contribution in [0.25, 0.3) is 0 Å². The fraction of sp³-hybridized carbons (Fsp3) is 0.632. The zero-order valence-corrected chi connectivity index (χ0v) is 14.3. The first-order chi connectivity index (χ1) is 11.8. The molecule has 2 aliphatic carbocycles. The van der Waals surface area contributed by atoms with E-state index in [9.17, 15) is 18.0 Å². The predicted octanol–water partition coefficient (Wildman–Crippen LogP) is 3.99. The number of rotatable bonds is 1. The van der Waals surface area contributed by atoms with Crippen LogP contribution >= 0.6 is 0 Å². The number of carbonyl (C=O) groups is 1. The Balaban J connectivity index is 1.86. The van der Waals surface area contributed by atoms with Crippen LogP contribution in [-0.4, -0.2) is 36.2 Å². The van der Waals surface area contributed by atoms with Gasteiger partial charge in [0.2, 0.25) is 0 Å². The highest BCUT2D eigenvalue weighted by Gasteiger charge is 2.65. The molecule has 0 spiro atoms. The predicted molar refractivity (Wildman–Crippen MR) is 86.6 cm³/mol. The van der Waals surface area contributed by atoms with Gasteiger partial charge in [0, 0.05) is 12.0 Å². The van der Waals surface area contributed by atoms with Crippen molar-refractivity contribution < 1.29 is 22.7 Å². The Morgan fingerprint density at radius 2 is 1.92 bits per heavy atom. The quantitative estimate of drug-likeness (QED) is 0.764. The van der Waals surface area contributed by atoms with Crippen molar-refractivity contribution in [2.24, 2.45) is 0 Å². The average molecular weight is 353 g/mol. The lowest BCUT2D eigenvalue weighted by atomic mass is 9.53. The molecule has 1 aliphatic heterocycles. The first kappa shape index (κ1) is 16.7. The van der Waals surface area contributed by atoms with Gasteiger partial charge in [0.1, 0.15) is 5.75 Å². The summed E-state index contributed by atoms with van der Waals surface area (Å²) in [5.74, 6) is -0.933. The highest BCUT2D eigenvalue weighted by atomic mass is 19.4. The van der Waals surface area contributed by atoms with Gasteiger partial charge in [-0.2, -0.15) is 13.2 Å². The number of aryl methyl sites for hydroxylation is 1. The van der Waals surface area contributed by atoms with Gasteiger partial charge in [-0.25, -0.2) is 0 Å². The van der Waals surface area contributed by atoms with Crippen molar-refractivity contribution in [3.05, 3.63) is 29.3 Å². The summed E-state index contributed by atoms with van der Waals surface area (Å²) in [4.78, 5) is 13.4. The van der Waals surface area contributed by atoms with Crippen molar-refractivity contribution >= 4 is 5.91 Å². The molecule has 1 aromatic carbocycles. The Morgan fingerprint density at radius 3 is 2.64 bits per heavy atom. The molecule has 0 aromatic heterocycles. The molecule has 0 bridgehead atoms. The lowest BCUT2D eigenvalue weighted by Crippen LogP contribution is -2.63. The average Bonchev–Trinajstić information content (AvgIpc) is 2.96. The number of amides is 1. The molecule has 6 heteroatoms. The van der Waals surface area contributed by atoms with Crippen LogP contribution in [0.1, 0.15) is 49.7 Å². The van der Waals surface area contributed by atoms with Crippen molar-refractivity contribution in [2.45, 2.75) is 62.1 Å². The summed E-state index contributed by atoms with van der Waals surface area (Å²) in [7, 11) is 1.60. The molecular weight excluding hydrogens is 331 g/mol. The van der Waals surface area contributed by atoms with Crippen LogP contribution in [0.15, 0.2) is 18.2 Å². The van der Waals surface area contributed by atoms with Gasteiger partial charge in [-0.1, -0.05) is 18.9 Å². The van der Waals surface area contributed by atoms with E-state index in [1.165, 1.54) is 10.5 Å². The molecule has 1 heterocycles. The molecule has 2 fully saturated rings. The van der Waals surface area contributed by atoms with E-state index in [2.05, 4.69) is 0 Å². The number of fused-ring (bicyclic) bond motifs is 1. The monoisotopic (exact) mass is 353 g/mol. The molecule has 3 aliphatic rings. The summed E-state index contributed by atoms with van der Waals surface area (Å²) >= 11 is 0. The third-order valence-corrected chi connectivity index (χ3v) is 6.74. The van der Waals surface area contributed by atoms with E-state index in [1.807, 2.05) is 18.2 Å². The zero-order valence-electron chi connectivity index (χ0n) is 14.3. The topological polar surface area (TPSA) is 29.5 Å². The smallest absolute Gasteiger partial charge is 0.471 e. The summed E-state index contributed by atoms with van der Waals surface area (Å²) < 4.78 is 45.0. The van der Waals surface area contributed by atoms with Crippen LogP contribution in [0, 0.1) is 0 Å². The molecule has 2 atom stereocenters. The molecular formula is C19H22F3NO2. The largest absolute Gasteiger partial charge is 0.497 e. The van der Waals surface area contributed by atoms with Gasteiger partial charge in [0.05, 0.1) is 12.6 Å². The second kappa shape index (κ2) is 5.39. The third-order valence-electron chi connectivity index (χ3n) is 6.74. The lowest BCUT2D eigenvalue weighted by molar-refractivity contribution is -0.192. The number of likely N-dealkylation sites (tertiary alicyclic amines) is 1. The van der Waals surface area contributed by atoms with Crippen LogP contribution in [-0.2, 0) is 16.6 Å². The maximum atomic E-state index is 13.2. The SMILES string of the molecule is COc1ccc2c(c1)[C@]13CCCC[C@@]1(CC2)N(C(=O)C(F)(F)F)CC3. The molecule has 0 radical (unpaired) electrons. The maximum absolute atomic E-state index is 13.2. The Bertz CT molecular complexity index is 717. The molecule has 136 valence electrons. The molecule has 3 nitrogen and oxygen atoms in total. The Labute approximate surface area is 145 Å². The second-order valence-electron chi connectivity index (χ2n) is 7.55. The number of carbonyl (C=O) groups excluding carboxylic acids is 1. The third kappa shape index (κ3) is 2.15. The Morgan fingerprint density at radius 1 is 1.16 bits per heavy atom. The van der Waals surface area contributed by atoms with Crippen molar-refractivity contribution in [3.63, 3.8) is 0 Å². The van der Waals surface area contributed by atoms with Crippen molar-refractivity contribution in [1.29, 1.82) is 0 Å². The number of ether oxygens (including phenoxy) is 1. The number of nitrogens with zero attached hydrogens (tertiary/aromatic N) is 1. The molecule has 1 aromatic rings. The normalized spacial score (nSPS) is 31.1. The molecule has 0 N–H and O–H groups in total. The van der Waals surface area contributed by atoms with E-state index in [-0.39, 0.29) is 12.0 Å². The van der Waals surface area contributed by atoms with Crippen LogP contribution < -0.4 is 4.74 Å². The summed E-state index contributed by atoms with van der Waals surface area (Å²) in [5.41, 5.74) is 1.24. The number of hydrogen-bond donors (Lipinski definition) is 0. The standard InChI is InChI=1S/C19H22F3NO2/c1-25-14-5-4-13-6-9-18-8-3-2-7-17(18,15(13)12-14)10-11-23(18)16(24)19(20,21)22/h4-5,12H,2-3,6-11H2,1H3/t17-,18+/m1/s1. The van der Waals surface area contributed by atoms with E-state index in [1.54, 1.807) is 7.11 Å². The minimum Gasteiger partial charge on any atom is -0.497 e. The first-order valence-corrected chi connectivity index (χ1v) is 8.90. The van der Waals surface area contributed by atoms with Gasteiger partial charge in [0.25, 0.3) is 0 Å². The maximum Gasteiger partial charge on any atom is 0.471 e. The highest BCUT2D eigenvalue weighted by molar-refractivity contribution is 5.83. The fourth-order valence-electron chi connectivity index (χ4n) is 5.74. The number of hydrogen-bond acceptors (Lipinski definition) is 2. The van der Waals surface area contributed by atoms with Gasteiger partial charge < -0.3 is 9.64 Å². The summed E-state index contributed by atoms with van der Waals surface area (Å²) in [6, 6.07) is 5.95. The fourth-order valence-corrected chi connectivity index (χ4v) is 5.74. The first-order valence-electron chi connectivity index (χ1n) is 8.90. The number of halogens is 3. The Hall–Kier alpha value is -1.72. The van der Waals surface area contributed by atoms with Gasteiger partial charge in [-0.3, -0.25) is 4.79 Å². The number of methoxy groups -OCH3 is 1. The van der Waals surface area contributed by atoms with Crippen LogP contribution in [0.2, 0.25) is 0 Å². The van der Waals surface area contributed by atoms with Crippen molar-refractivity contribution in [3.8, 4) is 5.75 Å². The minimum atomic E-state index is -4.81. The van der Waals surface area contributed by atoms with Gasteiger partial charge >= 0.3 is 12.1 Å². The van der Waals surface area contributed by atoms with E-state index in [0.717, 1.165) is 30.6 Å². The van der Waals surface area contributed by atoms with Gasteiger partial charge in [0.15, 0.2) is 0 Å². The summed E-state index contributed by atoms with van der Waals surface area (Å²) in [6.45, 7) is 0.189. The van der Waals surface area contributed by atoms with E-state index >= 15 is 0 Å². The molecule has 1 saturated carbocycles. The van der Waals surface area contributed by atoms with Crippen molar-refractivity contribution in [1.82, 2.24) is 4.90 Å². The van der Waals surface area contributed by atoms with Crippen molar-refractivity contribution in [2.75, 3.05) is 13.7 Å². The van der Waals surface area contributed by atoms with Crippen LogP contribution in [0.5, 0.6) is 5.75 Å². The summed E-state index contributed by atoms with van der Waals surface area (Å²) in [6.07, 6.45) is 0.498. The van der Waals surface area contributed by atoms with Gasteiger partial charge in [-0.05, 0) is 55.4 Å². The van der Waals surface area contributed by atoms with E-state index < -0.39 is 17.6 Å². The van der Waals surface area contributed by atoms with Crippen LogP contribution in [0.4, 0.5) is 13.2 Å². The Kier molecular flexibility index (Phi) is 3.61. The molecule has 0 unspecified atom stereocenters. The zero-order chi connectivity index (χ0) is 17.9. The molecule has 1 saturated heterocycles. The second-order valence-corrected chi connectivity index (χ2v) is 7.55.